The molecule has 0 radical (unpaired) electrons. The van der Waals surface area contributed by atoms with E-state index < -0.39 is 4.92 Å². The minimum atomic E-state index is -0.390. The first-order chi connectivity index (χ1) is 10.0. The highest BCUT2D eigenvalue weighted by Gasteiger charge is 2.18. The van der Waals surface area contributed by atoms with Gasteiger partial charge in [0.2, 0.25) is 0 Å². The maximum atomic E-state index is 11.2. The summed E-state index contributed by atoms with van der Waals surface area (Å²) >= 11 is 1.65. The number of thiophene rings is 1. The summed E-state index contributed by atoms with van der Waals surface area (Å²) in [6, 6.07) is 6.96. The number of ether oxygens (including phenoxy) is 1. The molecular weight excluding hydrogens is 288 g/mol. The van der Waals surface area contributed by atoms with E-state index in [0.717, 1.165) is 0 Å². The van der Waals surface area contributed by atoms with Crippen molar-refractivity contribution in [1.29, 1.82) is 0 Å². The second-order valence-electron chi connectivity index (χ2n) is 4.70. The average Bonchev–Trinajstić information content (AvgIpc) is 2.87. The molecule has 1 atom stereocenters. The van der Waals surface area contributed by atoms with E-state index in [2.05, 4.69) is 5.32 Å². The molecule has 6 heteroatoms. The van der Waals surface area contributed by atoms with E-state index in [4.69, 9.17) is 4.74 Å². The third kappa shape index (κ3) is 3.52. The van der Waals surface area contributed by atoms with Crippen LogP contribution in [0.15, 0.2) is 29.6 Å². The molecule has 112 valence electrons. The van der Waals surface area contributed by atoms with Gasteiger partial charge in [0, 0.05) is 4.88 Å². The summed E-state index contributed by atoms with van der Waals surface area (Å²) in [6.45, 7) is 6.37. The second kappa shape index (κ2) is 6.58. The average molecular weight is 306 g/mol. The van der Waals surface area contributed by atoms with Gasteiger partial charge in [-0.25, -0.2) is 0 Å². The highest BCUT2D eigenvalue weighted by Crippen LogP contribution is 2.33. The lowest BCUT2D eigenvalue weighted by Crippen LogP contribution is -2.08. The summed E-state index contributed by atoms with van der Waals surface area (Å²) in [5.74, 6) is 0.509. The number of nitro groups is 1. The van der Waals surface area contributed by atoms with Crippen LogP contribution in [0.1, 0.15) is 30.3 Å². The SMILES string of the molecule is CCOc1ccc(NC(C)c2sccc2C)c([N+](=O)[O-])c1. The van der Waals surface area contributed by atoms with Gasteiger partial charge in [-0.15, -0.1) is 11.3 Å². The van der Waals surface area contributed by atoms with Crippen LogP contribution in [0.5, 0.6) is 5.75 Å². The summed E-state index contributed by atoms with van der Waals surface area (Å²) < 4.78 is 5.32. The van der Waals surface area contributed by atoms with Gasteiger partial charge < -0.3 is 10.1 Å². The van der Waals surface area contributed by atoms with E-state index in [0.29, 0.717) is 18.0 Å². The van der Waals surface area contributed by atoms with Crippen molar-refractivity contribution in [2.75, 3.05) is 11.9 Å². The van der Waals surface area contributed by atoms with Gasteiger partial charge in [0.05, 0.1) is 23.6 Å². The van der Waals surface area contributed by atoms with Crippen molar-refractivity contribution in [2.45, 2.75) is 26.8 Å². The Kier molecular flexibility index (Phi) is 4.80. The predicted molar refractivity (Wildman–Crippen MR) is 85.4 cm³/mol. The monoisotopic (exact) mass is 306 g/mol. The zero-order valence-corrected chi connectivity index (χ0v) is 13.1. The van der Waals surface area contributed by atoms with Gasteiger partial charge in [-0.2, -0.15) is 0 Å². The molecule has 0 spiro atoms. The van der Waals surface area contributed by atoms with Gasteiger partial charge in [-0.05, 0) is 49.9 Å². The van der Waals surface area contributed by atoms with Crippen LogP contribution >= 0.6 is 11.3 Å². The van der Waals surface area contributed by atoms with Crippen LogP contribution in [0.4, 0.5) is 11.4 Å². The smallest absolute Gasteiger partial charge is 0.296 e. The zero-order valence-electron chi connectivity index (χ0n) is 12.3. The van der Waals surface area contributed by atoms with Crippen molar-refractivity contribution in [2.24, 2.45) is 0 Å². The normalized spacial score (nSPS) is 12.0. The summed E-state index contributed by atoms with van der Waals surface area (Å²) in [5, 5.41) is 16.5. The predicted octanol–water partition coefficient (Wildman–Crippen LogP) is 4.54. The topological polar surface area (TPSA) is 64.4 Å². The van der Waals surface area contributed by atoms with Gasteiger partial charge in [-0.1, -0.05) is 0 Å². The highest BCUT2D eigenvalue weighted by molar-refractivity contribution is 7.10. The molecule has 1 unspecified atom stereocenters. The molecule has 0 saturated heterocycles. The molecule has 0 aliphatic heterocycles. The fourth-order valence-electron chi connectivity index (χ4n) is 2.17. The lowest BCUT2D eigenvalue weighted by Gasteiger charge is -2.15. The number of rotatable bonds is 6. The Morgan fingerprint density at radius 1 is 1.43 bits per heavy atom. The van der Waals surface area contributed by atoms with Gasteiger partial charge in [-0.3, -0.25) is 10.1 Å². The van der Waals surface area contributed by atoms with Crippen molar-refractivity contribution in [3.05, 3.63) is 50.2 Å². The molecule has 0 amide bonds. The molecule has 1 aromatic heterocycles. The molecule has 0 bridgehead atoms. The van der Waals surface area contributed by atoms with Crippen molar-refractivity contribution in [3.63, 3.8) is 0 Å². The number of nitrogens with zero attached hydrogens (tertiary/aromatic N) is 1. The molecule has 2 rings (SSSR count). The Morgan fingerprint density at radius 3 is 2.76 bits per heavy atom. The molecule has 5 nitrogen and oxygen atoms in total. The standard InChI is InChI=1S/C15H18N2O3S/c1-4-20-12-5-6-13(14(9-12)17(18)19)16-11(3)15-10(2)7-8-21-15/h5-9,11,16H,4H2,1-3H3. The Morgan fingerprint density at radius 2 is 2.19 bits per heavy atom. The molecule has 0 saturated carbocycles. The number of benzene rings is 1. The van der Waals surface area contributed by atoms with Gasteiger partial charge in [0.25, 0.3) is 5.69 Å². The lowest BCUT2D eigenvalue weighted by molar-refractivity contribution is -0.384. The zero-order chi connectivity index (χ0) is 15.4. The van der Waals surface area contributed by atoms with E-state index >= 15 is 0 Å². The van der Waals surface area contributed by atoms with Crippen LogP contribution < -0.4 is 10.1 Å². The minimum Gasteiger partial charge on any atom is -0.494 e. The molecule has 1 heterocycles. The quantitative estimate of drug-likeness (QED) is 0.628. The third-order valence-corrected chi connectivity index (χ3v) is 4.35. The molecule has 0 fully saturated rings. The number of hydrogen-bond acceptors (Lipinski definition) is 5. The Labute approximate surface area is 127 Å². The second-order valence-corrected chi connectivity index (χ2v) is 5.65. The molecule has 21 heavy (non-hydrogen) atoms. The van der Waals surface area contributed by atoms with Crippen molar-refractivity contribution >= 4 is 22.7 Å². The fourth-order valence-corrected chi connectivity index (χ4v) is 3.10. The first kappa shape index (κ1) is 15.3. The first-order valence-corrected chi connectivity index (χ1v) is 7.62. The maximum Gasteiger partial charge on any atom is 0.296 e. The van der Waals surface area contributed by atoms with Crippen LogP contribution in [-0.2, 0) is 0 Å². The van der Waals surface area contributed by atoms with E-state index in [1.54, 1.807) is 23.5 Å². The number of nitro benzene ring substituents is 1. The Balaban J connectivity index is 2.27. The van der Waals surface area contributed by atoms with Gasteiger partial charge >= 0.3 is 0 Å². The van der Waals surface area contributed by atoms with E-state index in [1.165, 1.54) is 16.5 Å². The van der Waals surface area contributed by atoms with Crippen molar-refractivity contribution in [3.8, 4) is 5.75 Å². The van der Waals surface area contributed by atoms with E-state index in [-0.39, 0.29) is 11.7 Å². The molecule has 1 aromatic carbocycles. The van der Waals surface area contributed by atoms with Crippen molar-refractivity contribution in [1.82, 2.24) is 0 Å². The number of nitrogens with one attached hydrogen (secondary N) is 1. The van der Waals surface area contributed by atoms with Gasteiger partial charge in [0.15, 0.2) is 0 Å². The van der Waals surface area contributed by atoms with Crippen molar-refractivity contribution < 1.29 is 9.66 Å². The largest absolute Gasteiger partial charge is 0.494 e. The molecule has 2 aromatic rings. The lowest BCUT2D eigenvalue weighted by atomic mass is 10.1. The van der Waals surface area contributed by atoms with E-state index in [9.17, 15) is 10.1 Å². The summed E-state index contributed by atoms with van der Waals surface area (Å²) in [5.41, 5.74) is 1.72. The third-order valence-electron chi connectivity index (χ3n) is 3.14. The summed E-state index contributed by atoms with van der Waals surface area (Å²) in [4.78, 5) is 12.0. The summed E-state index contributed by atoms with van der Waals surface area (Å²) in [7, 11) is 0. The van der Waals surface area contributed by atoms with Gasteiger partial charge in [0.1, 0.15) is 11.4 Å². The number of hydrogen-bond donors (Lipinski definition) is 1. The van der Waals surface area contributed by atoms with Crippen LogP contribution in [0, 0.1) is 17.0 Å². The van der Waals surface area contributed by atoms with E-state index in [1.807, 2.05) is 32.2 Å². The Bertz CT molecular complexity index is 640. The maximum absolute atomic E-state index is 11.2. The fraction of sp³-hybridized carbons (Fsp3) is 0.333. The van der Waals surface area contributed by atoms with Crippen LogP contribution in [0.25, 0.3) is 0 Å². The highest BCUT2D eigenvalue weighted by atomic mass is 32.1. The van der Waals surface area contributed by atoms with Crippen LogP contribution in [0.2, 0.25) is 0 Å². The molecular formula is C15H18N2O3S. The molecule has 0 aliphatic carbocycles. The number of aryl methyl sites for hydroxylation is 1. The van der Waals surface area contributed by atoms with Crippen LogP contribution in [0.3, 0.4) is 0 Å². The molecule has 1 N–H and O–H groups in total. The van der Waals surface area contributed by atoms with Crippen LogP contribution in [-0.4, -0.2) is 11.5 Å². The summed E-state index contributed by atoms with van der Waals surface area (Å²) in [6.07, 6.45) is 0. The first-order valence-electron chi connectivity index (χ1n) is 6.74. The number of anilines is 1. The Hall–Kier alpha value is -2.08. The molecule has 0 aliphatic rings. The minimum absolute atomic E-state index is 0.0154.